The molecule has 1 unspecified atom stereocenters. The lowest BCUT2D eigenvalue weighted by molar-refractivity contribution is 0.289. The lowest BCUT2D eigenvalue weighted by Crippen LogP contribution is -2.42. The molecule has 0 saturated heterocycles. The Labute approximate surface area is 64.0 Å². The highest BCUT2D eigenvalue weighted by Gasteiger charge is 2.33. The van der Waals surface area contributed by atoms with Crippen molar-refractivity contribution in [2.75, 3.05) is 0 Å². The largest absolute Gasteiger partial charge is 0.325 e. The molecule has 1 heteroatoms. The number of nitrogens with two attached hydrogens (primary N) is 1. The van der Waals surface area contributed by atoms with E-state index in [0.29, 0.717) is 0 Å². The first-order valence-corrected chi connectivity index (χ1v) is 4.48. The molecule has 0 aromatic heterocycles. The molecule has 1 fully saturated rings. The summed E-state index contributed by atoms with van der Waals surface area (Å²) in [6.45, 7) is 4.52. The monoisotopic (exact) mass is 141 g/mol. The van der Waals surface area contributed by atoms with Gasteiger partial charge in [0.2, 0.25) is 0 Å². The molecule has 1 aliphatic rings. The third kappa shape index (κ3) is 1.34. The summed E-state index contributed by atoms with van der Waals surface area (Å²) >= 11 is 0. The summed E-state index contributed by atoms with van der Waals surface area (Å²) in [4.78, 5) is 0. The van der Waals surface area contributed by atoms with Crippen LogP contribution < -0.4 is 5.73 Å². The van der Waals surface area contributed by atoms with Crippen molar-refractivity contribution in [3.05, 3.63) is 0 Å². The van der Waals surface area contributed by atoms with Gasteiger partial charge in [0.15, 0.2) is 0 Å². The molecule has 1 atom stereocenters. The second-order valence-corrected chi connectivity index (χ2v) is 3.75. The second kappa shape index (κ2) is 2.91. The number of rotatable bonds is 2. The Morgan fingerprint density at radius 2 is 1.90 bits per heavy atom. The first-order chi connectivity index (χ1) is 4.69. The van der Waals surface area contributed by atoms with E-state index >= 15 is 0 Å². The highest BCUT2D eigenvalue weighted by Crippen LogP contribution is 2.34. The van der Waals surface area contributed by atoms with Gasteiger partial charge in [0.1, 0.15) is 0 Å². The van der Waals surface area contributed by atoms with Crippen LogP contribution in [0.5, 0.6) is 0 Å². The Hall–Kier alpha value is -0.0400. The average molecular weight is 141 g/mol. The van der Waals surface area contributed by atoms with Gasteiger partial charge >= 0.3 is 0 Å². The molecular weight excluding hydrogens is 122 g/mol. The predicted molar refractivity (Wildman–Crippen MR) is 44.8 cm³/mol. The molecule has 10 heavy (non-hydrogen) atoms. The van der Waals surface area contributed by atoms with Crippen LogP contribution in [-0.4, -0.2) is 5.54 Å². The van der Waals surface area contributed by atoms with E-state index in [9.17, 15) is 0 Å². The summed E-state index contributed by atoms with van der Waals surface area (Å²) in [5.74, 6) is 0.718. The molecule has 0 heterocycles. The Morgan fingerprint density at radius 3 is 2.30 bits per heavy atom. The first-order valence-electron chi connectivity index (χ1n) is 4.48. The van der Waals surface area contributed by atoms with Gasteiger partial charge in [0.25, 0.3) is 0 Å². The summed E-state index contributed by atoms with van der Waals surface area (Å²) in [5.41, 5.74) is 6.42. The van der Waals surface area contributed by atoms with Gasteiger partial charge in [-0.05, 0) is 18.8 Å². The lowest BCUT2D eigenvalue weighted by Gasteiger charge is -2.30. The maximum absolute atomic E-state index is 6.21. The summed E-state index contributed by atoms with van der Waals surface area (Å²) in [6, 6.07) is 0. The van der Waals surface area contributed by atoms with Crippen molar-refractivity contribution in [2.45, 2.75) is 51.5 Å². The van der Waals surface area contributed by atoms with Crippen LogP contribution in [0.15, 0.2) is 0 Å². The summed E-state index contributed by atoms with van der Waals surface area (Å²) in [7, 11) is 0. The molecule has 0 aromatic rings. The molecule has 0 radical (unpaired) electrons. The van der Waals surface area contributed by atoms with Gasteiger partial charge < -0.3 is 5.73 Å². The van der Waals surface area contributed by atoms with Crippen LogP contribution in [0, 0.1) is 5.92 Å². The van der Waals surface area contributed by atoms with Gasteiger partial charge in [-0.2, -0.15) is 0 Å². The van der Waals surface area contributed by atoms with Crippen molar-refractivity contribution < 1.29 is 0 Å². The number of hydrogen-bond acceptors (Lipinski definition) is 1. The molecule has 0 spiro atoms. The van der Waals surface area contributed by atoms with Crippen LogP contribution in [0.4, 0.5) is 0 Å². The van der Waals surface area contributed by atoms with Gasteiger partial charge in [-0.3, -0.25) is 0 Å². The van der Waals surface area contributed by atoms with E-state index in [4.69, 9.17) is 5.73 Å². The molecule has 60 valence electrons. The molecular formula is C9H19N. The normalized spacial score (nSPS) is 26.7. The van der Waals surface area contributed by atoms with Gasteiger partial charge in [-0.15, -0.1) is 0 Å². The van der Waals surface area contributed by atoms with E-state index in [1.165, 1.54) is 32.1 Å². The Bertz CT molecular complexity index is 103. The molecule has 1 saturated carbocycles. The fourth-order valence-corrected chi connectivity index (χ4v) is 1.93. The van der Waals surface area contributed by atoms with Gasteiger partial charge in [0, 0.05) is 5.54 Å². The highest BCUT2D eigenvalue weighted by atomic mass is 14.8. The van der Waals surface area contributed by atoms with E-state index in [1.807, 2.05) is 0 Å². The average Bonchev–Trinajstić information content (AvgIpc) is 2.36. The van der Waals surface area contributed by atoms with Crippen molar-refractivity contribution >= 4 is 0 Å². The zero-order valence-corrected chi connectivity index (χ0v) is 7.19. The molecule has 0 bridgehead atoms. The van der Waals surface area contributed by atoms with E-state index in [-0.39, 0.29) is 5.54 Å². The minimum atomic E-state index is 0.203. The van der Waals surface area contributed by atoms with Crippen molar-refractivity contribution in [1.82, 2.24) is 0 Å². The number of hydrogen-bond donors (Lipinski definition) is 1. The predicted octanol–water partition coefficient (Wildman–Crippen LogP) is 2.30. The van der Waals surface area contributed by atoms with Gasteiger partial charge in [0.05, 0.1) is 0 Å². The molecule has 0 aromatic carbocycles. The van der Waals surface area contributed by atoms with Gasteiger partial charge in [-0.1, -0.05) is 33.1 Å². The van der Waals surface area contributed by atoms with E-state index in [2.05, 4.69) is 13.8 Å². The SMILES string of the molecule is CCC(C)C1(N)CCCC1. The molecule has 0 amide bonds. The maximum Gasteiger partial charge on any atom is 0.0180 e. The van der Waals surface area contributed by atoms with E-state index < -0.39 is 0 Å². The Morgan fingerprint density at radius 1 is 1.40 bits per heavy atom. The zero-order chi connectivity index (χ0) is 7.61. The van der Waals surface area contributed by atoms with Crippen LogP contribution in [0.3, 0.4) is 0 Å². The van der Waals surface area contributed by atoms with Crippen LogP contribution in [-0.2, 0) is 0 Å². The minimum absolute atomic E-state index is 0.203. The third-order valence-electron chi connectivity index (χ3n) is 3.13. The maximum atomic E-state index is 6.21. The Kier molecular flexibility index (Phi) is 2.35. The minimum Gasteiger partial charge on any atom is -0.325 e. The summed E-state index contributed by atoms with van der Waals surface area (Å²) < 4.78 is 0. The van der Waals surface area contributed by atoms with E-state index in [0.717, 1.165) is 5.92 Å². The zero-order valence-electron chi connectivity index (χ0n) is 7.19. The fraction of sp³-hybridized carbons (Fsp3) is 1.00. The second-order valence-electron chi connectivity index (χ2n) is 3.75. The topological polar surface area (TPSA) is 26.0 Å². The van der Waals surface area contributed by atoms with Crippen LogP contribution in [0.1, 0.15) is 46.0 Å². The van der Waals surface area contributed by atoms with Crippen molar-refractivity contribution in [2.24, 2.45) is 11.7 Å². The quantitative estimate of drug-likeness (QED) is 0.627. The fourth-order valence-electron chi connectivity index (χ4n) is 1.93. The standard InChI is InChI=1S/C9H19N/c1-3-8(2)9(10)6-4-5-7-9/h8H,3-7,10H2,1-2H3. The molecule has 1 nitrogen and oxygen atoms in total. The van der Waals surface area contributed by atoms with E-state index in [1.54, 1.807) is 0 Å². The smallest absolute Gasteiger partial charge is 0.0180 e. The van der Waals surface area contributed by atoms with Crippen molar-refractivity contribution in [1.29, 1.82) is 0 Å². The highest BCUT2D eigenvalue weighted by molar-refractivity contribution is 4.92. The van der Waals surface area contributed by atoms with Gasteiger partial charge in [-0.25, -0.2) is 0 Å². The van der Waals surface area contributed by atoms with Crippen LogP contribution in [0.25, 0.3) is 0 Å². The molecule has 0 aliphatic heterocycles. The first kappa shape index (κ1) is 8.06. The summed E-state index contributed by atoms with van der Waals surface area (Å²) in [6.07, 6.45) is 6.43. The molecule has 2 N–H and O–H groups in total. The van der Waals surface area contributed by atoms with Crippen molar-refractivity contribution in [3.8, 4) is 0 Å². The van der Waals surface area contributed by atoms with Crippen LogP contribution in [0.2, 0.25) is 0 Å². The van der Waals surface area contributed by atoms with Crippen molar-refractivity contribution in [3.63, 3.8) is 0 Å². The summed E-state index contributed by atoms with van der Waals surface area (Å²) in [5, 5.41) is 0. The Balaban J connectivity index is 2.49. The lowest BCUT2D eigenvalue weighted by atomic mass is 9.83. The van der Waals surface area contributed by atoms with Crippen LogP contribution >= 0.6 is 0 Å². The third-order valence-corrected chi connectivity index (χ3v) is 3.13. The molecule has 1 aliphatic carbocycles. The molecule has 1 rings (SSSR count).